The minimum atomic E-state index is -2.47. The quantitative estimate of drug-likeness (QED) is 0.151. The largest absolute Gasteiger partial charge is 0.460 e. The number of cyclic esters (lactones) is 1. The summed E-state index contributed by atoms with van der Waals surface area (Å²) in [5.74, 6) is -9.33. The highest BCUT2D eigenvalue weighted by atomic mass is 16.6. The topological polar surface area (TPSA) is 242 Å². The van der Waals surface area contributed by atoms with E-state index in [9.17, 15) is 49.2 Å². The van der Waals surface area contributed by atoms with Gasteiger partial charge in [0, 0.05) is 58.5 Å². The van der Waals surface area contributed by atoms with Gasteiger partial charge in [0.15, 0.2) is 11.6 Å². The van der Waals surface area contributed by atoms with Crippen LogP contribution in [-0.2, 0) is 57.2 Å². The molecule has 2 bridgehead atoms. The number of hydrogen-bond acceptors (Lipinski definition) is 16. The number of ether oxygens (including phenoxy) is 6. The van der Waals surface area contributed by atoms with Crippen LogP contribution in [0.2, 0.25) is 0 Å². The Morgan fingerprint density at radius 2 is 1.58 bits per heavy atom. The van der Waals surface area contributed by atoms with Crippen LogP contribution in [0.25, 0.3) is 0 Å². The fourth-order valence-corrected chi connectivity index (χ4v) is 10.7. The summed E-state index contributed by atoms with van der Waals surface area (Å²) in [4.78, 5) is 85.4. The van der Waals surface area contributed by atoms with Crippen LogP contribution in [0, 0.1) is 40.9 Å². The van der Waals surface area contributed by atoms with Crippen molar-refractivity contribution < 1.29 is 77.6 Å². The van der Waals surface area contributed by atoms with Crippen LogP contribution < -0.4 is 0 Å². The highest BCUT2D eigenvalue weighted by Crippen LogP contribution is 2.38. The van der Waals surface area contributed by atoms with Crippen LogP contribution in [0.5, 0.6) is 0 Å². The molecule has 0 aromatic rings. The Balaban J connectivity index is 1.69. The maximum absolute atomic E-state index is 14.5. The minimum Gasteiger partial charge on any atom is -0.460 e. The predicted octanol–water partition coefficient (Wildman–Crippen LogP) is 5.72. The first-order valence-electron chi connectivity index (χ1n) is 26.4. The van der Waals surface area contributed by atoms with Crippen LogP contribution >= 0.6 is 0 Å². The van der Waals surface area contributed by atoms with E-state index in [0.29, 0.717) is 64.2 Å². The molecular formula is C56H87NO16. The van der Waals surface area contributed by atoms with E-state index >= 15 is 0 Å². The number of aliphatic hydroxyl groups is 4. The molecule has 0 aromatic carbocycles. The summed E-state index contributed by atoms with van der Waals surface area (Å²) in [6.45, 7) is 12.7. The highest BCUT2D eigenvalue weighted by molar-refractivity contribution is 6.39. The first-order valence-corrected chi connectivity index (χ1v) is 26.4. The lowest BCUT2D eigenvalue weighted by Gasteiger charge is -2.42. The van der Waals surface area contributed by atoms with Crippen molar-refractivity contribution in [3.05, 3.63) is 47.6 Å². The lowest BCUT2D eigenvalue weighted by atomic mass is 9.78. The number of nitrogens with zero attached hydrogens (tertiary/aromatic N) is 1. The summed E-state index contributed by atoms with van der Waals surface area (Å²) in [7, 11) is 4.44. The van der Waals surface area contributed by atoms with Gasteiger partial charge in [-0.1, -0.05) is 71.1 Å². The van der Waals surface area contributed by atoms with E-state index in [-0.39, 0.29) is 48.4 Å². The molecule has 0 aromatic heterocycles. The normalized spacial score (nSPS) is 35.8. The van der Waals surface area contributed by atoms with Crippen LogP contribution in [0.15, 0.2) is 47.6 Å². The maximum atomic E-state index is 14.5. The van der Waals surface area contributed by atoms with Gasteiger partial charge in [-0.2, -0.15) is 0 Å². The summed E-state index contributed by atoms with van der Waals surface area (Å²) < 4.78 is 35.4. The van der Waals surface area contributed by atoms with Crippen molar-refractivity contribution in [3.8, 4) is 0 Å². The molecule has 412 valence electrons. The van der Waals surface area contributed by atoms with Gasteiger partial charge in [-0.15, -0.1) is 0 Å². The molecule has 2 saturated heterocycles. The Hall–Kier alpha value is -3.94. The van der Waals surface area contributed by atoms with E-state index in [1.165, 1.54) is 21.1 Å². The predicted molar refractivity (Wildman–Crippen MR) is 271 cm³/mol. The molecule has 17 nitrogen and oxygen atoms in total. The van der Waals surface area contributed by atoms with Crippen LogP contribution in [0.3, 0.4) is 0 Å². The summed E-state index contributed by atoms with van der Waals surface area (Å²) in [5.41, 5.74) is -0.363. The first-order chi connectivity index (χ1) is 34.5. The number of methoxy groups -OCH3 is 3. The van der Waals surface area contributed by atoms with E-state index in [1.54, 1.807) is 40.9 Å². The number of amides is 1. The second-order valence-electron chi connectivity index (χ2n) is 21.9. The van der Waals surface area contributed by atoms with Crippen molar-refractivity contribution in [2.24, 2.45) is 40.9 Å². The third-order valence-electron chi connectivity index (χ3n) is 15.9. The SMILES string of the molecule is CO[C@H]1C[C@@H]2CC[C@@H](C)[C@@](O)(O2)C(=O)C(=O)N2CCCC[C@H]2C(=O)O[C@H]([C@@H](C)C[C@@H]2CC[C@@H](OC(=O)C(C)(CO)CO)[C@H](OC)C2)CC(=O)/C(C)=C/C(C)[C@@H](O)[C@@H](OC)C(=O)[C@H](C)C[C@H](C)C=CC=CC=C1C. The third kappa shape index (κ3) is 16.0. The fraction of sp³-hybridized carbons (Fsp3) is 0.750. The molecule has 3 fully saturated rings. The Labute approximate surface area is 433 Å². The zero-order valence-electron chi connectivity index (χ0n) is 45.3. The zero-order chi connectivity index (χ0) is 54.4. The second kappa shape index (κ2) is 28.3. The van der Waals surface area contributed by atoms with Crippen molar-refractivity contribution in [2.45, 2.75) is 187 Å². The maximum Gasteiger partial charge on any atom is 0.329 e. The number of carbonyl (C=O) groups excluding carboxylic acids is 6. The summed E-state index contributed by atoms with van der Waals surface area (Å²) >= 11 is 0. The molecule has 1 aliphatic carbocycles. The smallest absolute Gasteiger partial charge is 0.329 e. The summed E-state index contributed by atoms with van der Waals surface area (Å²) in [6, 6.07) is -1.20. The van der Waals surface area contributed by atoms with E-state index in [0.717, 1.165) is 10.5 Å². The Morgan fingerprint density at radius 3 is 2.22 bits per heavy atom. The lowest BCUT2D eigenvalue weighted by Crippen LogP contribution is -2.61. The van der Waals surface area contributed by atoms with Gasteiger partial charge in [-0.25, -0.2) is 4.79 Å². The first kappa shape index (κ1) is 61.6. The number of piperidine rings is 1. The average Bonchev–Trinajstić information content (AvgIpc) is 3.37. The molecule has 0 spiro atoms. The van der Waals surface area contributed by atoms with Gasteiger partial charge >= 0.3 is 11.9 Å². The van der Waals surface area contributed by atoms with Gasteiger partial charge in [0.2, 0.25) is 5.79 Å². The fourth-order valence-electron chi connectivity index (χ4n) is 10.7. The number of ketones is 3. The van der Waals surface area contributed by atoms with Gasteiger partial charge in [-0.05, 0) is 114 Å². The Morgan fingerprint density at radius 1 is 0.877 bits per heavy atom. The molecule has 73 heavy (non-hydrogen) atoms. The van der Waals surface area contributed by atoms with Crippen LogP contribution in [0.4, 0.5) is 0 Å². The summed E-state index contributed by atoms with van der Waals surface area (Å²) in [6.07, 6.45) is 9.81. The molecule has 1 saturated carbocycles. The van der Waals surface area contributed by atoms with E-state index in [1.807, 2.05) is 51.2 Å². The standard InChI is InChI=1S/C56H87NO16/c1-33-17-13-12-14-18-34(2)45(68-9)29-41-22-20-39(7)56(67,73-41)51(63)52(64)57-24-16-15-19-42(57)53(65)71-46(30-43(60)35(3)26-38(6)49(62)50(70-11)48(61)37(5)25-33)36(4)27-40-21-23-44(47(28-40)69-10)72-54(66)55(8,31-58)32-59/h12-14,17-18,26,33,36-42,44-47,49-50,58-59,62,67H,15-16,19-25,27-32H2,1-11H3/b14-12?,17-13?,34-18?,35-26+/t33-,36+,37-,38?,39-,40+,41+,42+,44-,45+,46+,47-,49-,50+,56-/m1/s1. The number of fused-ring (bicyclic) bond motifs is 3. The molecule has 3 heterocycles. The number of aliphatic hydroxyl groups excluding tert-OH is 3. The molecule has 0 radical (unpaired) electrons. The lowest BCUT2D eigenvalue weighted by molar-refractivity contribution is -0.265. The van der Waals surface area contributed by atoms with Crippen molar-refractivity contribution in [1.29, 1.82) is 0 Å². The van der Waals surface area contributed by atoms with Crippen LogP contribution in [-0.4, -0.2) is 156 Å². The molecule has 3 aliphatic heterocycles. The van der Waals surface area contributed by atoms with Gasteiger partial charge in [0.1, 0.15) is 29.8 Å². The number of allylic oxidation sites excluding steroid dienone is 6. The molecule has 4 aliphatic rings. The Kier molecular flexibility index (Phi) is 23.9. The van der Waals surface area contributed by atoms with Crippen LogP contribution in [0.1, 0.15) is 132 Å². The third-order valence-corrected chi connectivity index (χ3v) is 15.9. The van der Waals surface area contributed by atoms with Crippen molar-refractivity contribution in [3.63, 3.8) is 0 Å². The van der Waals surface area contributed by atoms with Gasteiger partial charge < -0.3 is 53.7 Å². The van der Waals surface area contributed by atoms with Crippen molar-refractivity contribution in [1.82, 2.24) is 4.90 Å². The monoisotopic (exact) mass is 1030 g/mol. The average molecular weight is 1030 g/mol. The van der Waals surface area contributed by atoms with Gasteiger partial charge in [0.05, 0.1) is 37.6 Å². The molecule has 1 amide bonds. The molecule has 4 N–H and O–H groups in total. The molecule has 17 heteroatoms. The van der Waals surface area contributed by atoms with Crippen molar-refractivity contribution >= 4 is 35.2 Å². The van der Waals surface area contributed by atoms with E-state index < -0.39 is 120 Å². The zero-order valence-corrected chi connectivity index (χ0v) is 45.3. The molecular weight excluding hydrogens is 943 g/mol. The van der Waals surface area contributed by atoms with Gasteiger partial charge in [-0.3, -0.25) is 24.0 Å². The molecule has 15 atom stereocenters. The number of carbonyl (C=O) groups is 6. The van der Waals surface area contributed by atoms with Crippen molar-refractivity contribution in [2.75, 3.05) is 41.1 Å². The second-order valence-corrected chi connectivity index (χ2v) is 21.9. The number of hydrogen-bond donors (Lipinski definition) is 4. The summed E-state index contributed by atoms with van der Waals surface area (Å²) in [5, 5.41) is 43.1. The van der Waals surface area contributed by atoms with E-state index in [2.05, 4.69) is 0 Å². The number of Topliss-reactive ketones (excluding diaryl/α,β-unsaturated/α-hetero) is 3. The number of esters is 2. The highest BCUT2D eigenvalue weighted by Gasteiger charge is 2.53. The minimum absolute atomic E-state index is 0.00428. The van der Waals surface area contributed by atoms with Gasteiger partial charge in [0.25, 0.3) is 11.7 Å². The number of rotatable bonds is 10. The molecule has 1 unspecified atom stereocenters. The van der Waals surface area contributed by atoms with E-state index in [4.69, 9.17) is 28.4 Å². The Bertz CT molecular complexity index is 2010. The molecule has 4 rings (SSSR count).